The zero-order valence-electron chi connectivity index (χ0n) is 19.6. The topological polar surface area (TPSA) is 107 Å². The van der Waals surface area contributed by atoms with Gasteiger partial charge in [-0.3, -0.25) is 4.84 Å². The van der Waals surface area contributed by atoms with E-state index in [0.29, 0.717) is 17.0 Å². The summed E-state index contributed by atoms with van der Waals surface area (Å²) in [5, 5.41) is 2.58. The van der Waals surface area contributed by atoms with Crippen molar-refractivity contribution in [3.05, 3.63) is 84.2 Å². The Bertz CT molecular complexity index is 1440. The van der Waals surface area contributed by atoms with Crippen molar-refractivity contribution in [1.29, 1.82) is 0 Å². The Hall–Kier alpha value is -3.94. The van der Waals surface area contributed by atoms with E-state index in [1.54, 1.807) is 31.4 Å². The lowest BCUT2D eigenvalue weighted by Gasteiger charge is -2.16. The van der Waals surface area contributed by atoms with Crippen LogP contribution >= 0.6 is 0 Å². The van der Waals surface area contributed by atoms with Gasteiger partial charge in [-0.15, -0.1) is 0 Å². The van der Waals surface area contributed by atoms with Crippen molar-refractivity contribution in [3.8, 4) is 17.1 Å². The van der Waals surface area contributed by atoms with E-state index in [1.165, 1.54) is 43.7 Å². The highest BCUT2D eigenvalue weighted by atomic mass is 32.2. The first kappa shape index (κ1) is 26.1. The Morgan fingerprint density at radius 1 is 0.973 bits per heavy atom. The van der Waals surface area contributed by atoms with Gasteiger partial charge >= 0.3 is 6.18 Å². The third-order valence-corrected chi connectivity index (χ3v) is 6.72. The zero-order valence-corrected chi connectivity index (χ0v) is 20.4. The van der Waals surface area contributed by atoms with Crippen LogP contribution in [0, 0.1) is 0 Å². The summed E-state index contributed by atoms with van der Waals surface area (Å²) < 4.78 is 75.1. The number of pyridine rings is 1. The number of halogens is 3. The highest BCUT2D eigenvalue weighted by molar-refractivity contribution is 7.88. The number of nitrogens with one attached hydrogen (secondary N) is 1. The second kappa shape index (κ2) is 10.6. The molecule has 194 valence electrons. The van der Waals surface area contributed by atoms with E-state index in [0.717, 1.165) is 22.2 Å². The summed E-state index contributed by atoms with van der Waals surface area (Å²) in [5.74, 6) is 0.919. The number of aromatic nitrogens is 2. The summed E-state index contributed by atoms with van der Waals surface area (Å²) in [7, 11) is -1.22. The highest BCUT2D eigenvalue weighted by Gasteiger charge is 2.30. The lowest BCUT2D eigenvalue weighted by Crippen LogP contribution is -2.27. The second-order valence-corrected chi connectivity index (χ2v) is 9.53. The molecule has 4 aromatic rings. The average Bonchev–Trinajstić information content (AvgIpc) is 3.36. The predicted octanol–water partition coefficient (Wildman–Crippen LogP) is 5.26. The zero-order chi connectivity index (χ0) is 26.6. The molecule has 0 atom stereocenters. The van der Waals surface area contributed by atoms with Crippen molar-refractivity contribution in [1.82, 2.24) is 14.4 Å². The largest absolute Gasteiger partial charge is 0.497 e. The third-order valence-electron chi connectivity index (χ3n) is 5.16. The second-order valence-electron chi connectivity index (χ2n) is 7.65. The number of anilines is 2. The molecule has 0 fully saturated rings. The van der Waals surface area contributed by atoms with Crippen LogP contribution in [0.25, 0.3) is 11.3 Å². The van der Waals surface area contributed by atoms with Gasteiger partial charge in [0.25, 0.3) is 16.0 Å². The molecule has 0 bridgehead atoms. The molecule has 0 saturated carbocycles. The van der Waals surface area contributed by atoms with Gasteiger partial charge in [0, 0.05) is 12.6 Å². The Morgan fingerprint density at radius 3 is 2.27 bits per heavy atom. The number of hydrogen-bond acceptors (Lipinski definition) is 8. The number of sulfonamides is 1. The maximum absolute atomic E-state index is 12.8. The molecule has 0 unspecified atom stereocenters. The Kier molecular flexibility index (Phi) is 7.47. The molecular formula is C24H21F3N4O5S. The Morgan fingerprint density at radius 2 is 1.68 bits per heavy atom. The number of benzene rings is 2. The number of methoxy groups -OCH3 is 1. The number of alkyl halides is 3. The first-order chi connectivity index (χ1) is 17.6. The lowest BCUT2D eigenvalue weighted by molar-refractivity contribution is -0.137. The quantitative estimate of drug-likeness (QED) is 0.290. The predicted molar refractivity (Wildman–Crippen MR) is 127 cm³/mol. The first-order valence-corrected chi connectivity index (χ1v) is 12.1. The van der Waals surface area contributed by atoms with E-state index < -0.39 is 21.8 Å². The number of rotatable bonds is 9. The summed E-state index contributed by atoms with van der Waals surface area (Å²) >= 11 is 0. The molecule has 2 aromatic carbocycles. The molecule has 2 heterocycles. The van der Waals surface area contributed by atoms with Gasteiger partial charge in [-0.25, -0.2) is 18.4 Å². The molecule has 4 rings (SSSR count). The minimum atomic E-state index is -4.43. The van der Waals surface area contributed by atoms with Gasteiger partial charge in [-0.1, -0.05) is 28.7 Å². The summed E-state index contributed by atoms with van der Waals surface area (Å²) in [6.45, 7) is 0.0186. The summed E-state index contributed by atoms with van der Waals surface area (Å²) in [6.07, 6.45) is -1.81. The van der Waals surface area contributed by atoms with Gasteiger partial charge in [0.05, 0.1) is 37.4 Å². The molecule has 0 spiro atoms. The minimum absolute atomic E-state index is 0.0186. The van der Waals surface area contributed by atoms with Gasteiger partial charge in [0.15, 0.2) is 10.8 Å². The van der Waals surface area contributed by atoms with E-state index >= 15 is 0 Å². The fourth-order valence-corrected chi connectivity index (χ4v) is 3.99. The van der Waals surface area contributed by atoms with Crippen molar-refractivity contribution in [2.75, 3.05) is 19.5 Å². The van der Waals surface area contributed by atoms with Crippen molar-refractivity contribution >= 4 is 21.7 Å². The Balaban J connectivity index is 1.38. The number of hydroxylamine groups is 1. The van der Waals surface area contributed by atoms with Crippen LogP contribution in [0.2, 0.25) is 0 Å². The highest BCUT2D eigenvalue weighted by Crippen LogP contribution is 2.31. The molecule has 37 heavy (non-hydrogen) atoms. The fraction of sp³-hybridized carbons (Fsp3) is 0.167. The molecular weight excluding hydrogens is 513 g/mol. The minimum Gasteiger partial charge on any atom is -0.497 e. The van der Waals surface area contributed by atoms with E-state index in [1.807, 2.05) is 0 Å². The maximum atomic E-state index is 12.8. The summed E-state index contributed by atoms with van der Waals surface area (Å²) in [5.41, 5.74) is 0.761. The van der Waals surface area contributed by atoms with Crippen LogP contribution in [0.1, 0.15) is 11.1 Å². The van der Waals surface area contributed by atoms with Crippen LogP contribution in [0.15, 0.2) is 82.5 Å². The maximum Gasteiger partial charge on any atom is 0.416 e. The first-order valence-electron chi connectivity index (χ1n) is 10.7. The molecule has 9 nitrogen and oxygen atoms in total. The van der Waals surface area contributed by atoms with Crippen molar-refractivity contribution in [2.45, 2.75) is 17.8 Å². The van der Waals surface area contributed by atoms with Crippen LogP contribution in [0.3, 0.4) is 0 Å². The van der Waals surface area contributed by atoms with Crippen molar-refractivity contribution < 1.29 is 35.6 Å². The molecule has 0 aliphatic rings. The molecule has 0 aliphatic carbocycles. The molecule has 0 radical (unpaired) electrons. The van der Waals surface area contributed by atoms with Crippen molar-refractivity contribution in [2.24, 2.45) is 0 Å². The number of oxazole rings is 1. The average molecular weight is 535 g/mol. The van der Waals surface area contributed by atoms with Crippen LogP contribution in [-0.2, 0) is 27.6 Å². The van der Waals surface area contributed by atoms with E-state index in [2.05, 4.69) is 15.3 Å². The van der Waals surface area contributed by atoms with Crippen molar-refractivity contribution in [3.63, 3.8) is 0 Å². The van der Waals surface area contributed by atoms with Crippen LogP contribution in [-0.4, -0.2) is 37.0 Å². The van der Waals surface area contributed by atoms with Crippen LogP contribution in [0.5, 0.6) is 5.75 Å². The normalized spacial score (nSPS) is 12.1. The molecule has 13 heteroatoms. The summed E-state index contributed by atoms with van der Waals surface area (Å²) in [6, 6.07) is 14.2. The molecule has 2 aromatic heterocycles. The standard InChI is InChI=1S/C24H21F3N4O5S/c1-31(35-15-16-3-10-20(34-2)11-4-16)37(32,33)22-12-9-19(13-28-22)30-23-29-14-21(36-23)17-5-7-18(8-6-17)24(25,26)27/h3-14H,15H2,1-2H3,(H,29,30). The number of ether oxygens (including phenoxy) is 1. The molecule has 0 aliphatic heterocycles. The van der Waals surface area contributed by atoms with Gasteiger partial charge < -0.3 is 14.5 Å². The summed E-state index contributed by atoms with van der Waals surface area (Å²) in [4.78, 5) is 13.4. The van der Waals surface area contributed by atoms with Gasteiger partial charge in [0.2, 0.25) is 0 Å². The third kappa shape index (κ3) is 6.25. The van der Waals surface area contributed by atoms with Gasteiger partial charge in [-0.05, 0) is 42.0 Å². The van der Waals surface area contributed by atoms with Crippen LogP contribution < -0.4 is 10.1 Å². The van der Waals surface area contributed by atoms with Gasteiger partial charge in [-0.2, -0.15) is 13.2 Å². The lowest BCUT2D eigenvalue weighted by atomic mass is 10.1. The van der Waals surface area contributed by atoms with E-state index in [4.69, 9.17) is 14.0 Å². The van der Waals surface area contributed by atoms with E-state index in [9.17, 15) is 21.6 Å². The SMILES string of the molecule is COc1ccc(CON(C)S(=O)(=O)c2ccc(Nc3ncc(-c4ccc(C(F)(F)F)cc4)o3)cn2)cc1. The van der Waals surface area contributed by atoms with Gasteiger partial charge in [0.1, 0.15) is 5.75 Å². The molecule has 0 saturated heterocycles. The smallest absolute Gasteiger partial charge is 0.416 e. The monoisotopic (exact) mass is 534 g/mol. The number of nitrogens with zero attached hydrogens (tertiary/aromatic N) is 3. The molecule has 1 N–H and O–H groups in total. The fourth-order valence-electron chi connectivity index (χ4n) is 3.11. The van der Waals surface area contributed by atoms with Crippen LogP contribution in [0.4, 0.5) is 24.9 Å². The Labute approximate surface area is 210 Å². The number of hydrogen-bond donors (Lipinski definition) is 1. The van der Waals surface area contributed by atoms with E-state index in [-0.39, 0.29) is 23.4 Å². The molecule has 0 amide bonds.